The molecule has 0 heterocycles. The van der Waals surface area contributed by atoms with Gasteiger partial charge in [-0.15, -0.1) is 0 Å². The van der Waals surface area contributed by atoms with E-state index in [1.807, 2.05) is 0 Å². The van der Waals surface area contributed by atoms with Gasteiger partial charge in [0.1, 0.15) is 5.82 Å². The van der Waals surface area contributed by atoms with Crippen molar-refractivity contribution in [1.82, 2.24) is 0 Å². The Morgan fingerprint density at radius 2 is 2.31 bits per heavy atom. The van der Waals surface area contributed by atoms with Crippen molar-refractivity contribution in [3.63, 3.8) is 0 Å². The molecular formula is C8H7ClFNOS. The average Bonchev–Trinajstić information content (AvgIpc) is 2.09. The first-order valence-corrected chi connectivity index (χ1v) is 4.50. The molecule has 0 spiro atoms. The van der Waals surface area contributed by atoms with Crippen LogP contribution in [0.5, 0.6) is 0 Å². The van der Waals surface area contributed by atoms with Gasteiger partial charge in [-0.25, -0.2) is 4.39 Å². The molecule has 0 aromatic heterocycles. The molecule has 0 bridgehead atoms. The molecule has 13 heavy (non-hydrogen) atoms. The molecule has 0 aliphatic carbocycles. The molecule has 1 rings (SSSR count). The first-order valence-electron chi connectivity index (χ1n) is 3.49. The summed E-state index contributed by atoms with van der Waals surface area (Å²) in [5.74, 6) is -0.654. The number of thiol groups is 1. The molecule has 2 nitrogen and oxygen atoms in total. The van der Waals surface area contributed by atoms with Crippen molar-refractivity contribution in [2.24, 2.45) is 0 Å². The highest BCUT2D eigenvalue weighted by molar-refractivity contribution is 7.81. The number of hydrogen-bond acceptors (Lipinski definition) is 2. The number of hydrogen-bond donors (Lipinski definition) is 2. The van der Waals surface area contributed by atoms with Crippen LogP contribution >= 0.6 is 24.2 Å². The molecule has 0 fully saturated rings. The van der Waals surface area contributed by atoms with E-state index in [1.165, 1.54) is 12.1 Å². The van der Waals surface area contributed by atoms with E-state index in [4.69, 9.17) is 11.6 Å². The monoisotopic (exact) mass is 219 g/mol. The van der Waals surface area contributed by atoms with Crippen LogP contribution in [0.3, 0.4) is 0 Å². The quantitative estimate of drug-likeness (QED) is 0.735. The number of halogens is 2. The lowest BCUT2D eigenvalue weighted by atomic mass is 10.3. The minimum Gasteiger partial charge on any atom is -0.324 e. The maximum absolute atomic E-state index is 12.6. The van der Waals surface area contributed by atoms with Crippen LogP contribution in [0.4, 0.5) is 10.1 Å². The van der Waals surface area contributed by atoms with E-state index in [0.29, 0.717) is 5.69 Å². The fraction of sp³-hybridized carbons (Fsp3) is 0.125. The topological polar surface area (TPSA) is 29.1 Å². The van der Waals surface area contributed by atoms with E-state index in [-0.39, 0.29) is 16.7 Å². The fourth-order valence-corrected chi connectivity index (χ4v) is 1.07. The molecule has 0 unspecified atom stereocenters. The zero-order valence-corrected chi connectivity index (χ0v) is 8.20. The first kappa shape index (κ1) is 10.3. The number of benzene rings is 1. The van der Waals surface area contributed by atoms with Crippen molar-refractivity contribution < 1.29 is 9.18 Å². The van der Waals surface area contributed by atoms with E-state index >= 15 is 0 Å². The van der Waals surface area contributed by atoms with Crippen LogP contribution < -0.4 is 5.32 Å². The molecule has 1 aromatic rings. The second kappa shape index (κ2) is 4.48. The van der Waals surface area contributed by atoms with E-state index in [2.05, 4.69) is 17.9 Å². The number of anilines is 1. The second-order valence-electron chi connectivity index (χ2n) is 2.33. The normalized spacial score (nSPS) is 9.77. The summed E-state index contributed by atoms with van der Waals surface area (Å²) in [7, 11) is 0. The van der Waals surface area contributed by atoms with Crippen molar-refractivity contribution >= 4 is 35.8 Å². The van der Waals surface area contributed by atoms with Crippen LogP contribution in [0.1, 0.15) is 0 Å². The Balaban J connectivity index is 2.83. The smallest absolute Gasteiger partial charge is 0.234 e. The largest absolute Gasteiger partial charge is 0.324 e. The molecule has 0 atom stereocenters. The van der Waals surface area contributed by atoms with Crippen molar-refractivity contribution in [1.29, 1.82) is 0 Å². The molecule has 0 saturated carbocycles. The molecule has 0 saturated heterocycles. The summed E-state index contributed by atoms with van der Waals surface area (Å²) in [6.45, 7) is 0. The third kappa shape index (κ3) is 2.90. The molecule has 1 aromatic carbocycles. The number of rotatable bonds is 2. The number of nitrogens with one attached hydrogen (secondary N) is 1. The lowest BCUT2D eigenvalue weighted by Gasteiger charge is -2.04. The highest BCUT2D eigenvalue weighted by atomic mass is 35.5. The van der Waals surface area contributed by atoms with Crippen LogP contribution in [0, 0.1) is 5.82 Å². The van der Waals surface area contributed by atoms with E-state index in [1.54, 1.807) is 0 Å². The maximum atomic E-state index is 12.6. The molecular weight excluding hydrogens is 213 g/mol. The average molecular weight is 220 g/mol. The van der Waals surface area contributed by atoms with Crippen LogP contribution in [0.2, 0.25) is 5.02 Å². The van der Waals surface area contributed by atoms with Gasteiger partial charge in [-0.05, 0) is 18.2 Å². The van der Waals surface area contributed by atoms with Gasteiger partial charge in [0.25, 0.3) is 0 Å². The van der Waals surface area contributed by atoms with Crippen LogP contribution in [-0.2, 0) is 4.79 Å². The lowest BCUT2D eigenvalue weighted by molar-refractivity contribution is -0.113. The zero-order valence-electron chi connectivity index (χ0n) is 6.55. The van der Waals surface area contributed by atoms with Crippen LogP contribution in [0.15, 0.2) is 18.2 Å². The molecule has 0 aliphatic heterocycles. The Morgan fingerprint density at radius 3 is 2.85 bits per heavy atom. The highest BCUT2D eigenvalue weighted by Gasteiger charge is 2.04. The number of carbonyl (C=O) groups is 1. The second-order valence-corrected chi connectivity index (χ2v) is 3.05. The Morgan fingerprint density at radius 1 is 1.62 bits per heavy atom. The standard InChI is InChI=1S/C8H7ClFNOS/c9-6-3-5(10)1-2-7(6)11-8(12)4-13/h1-3,13H,4H2,(H,11,12). The Kier molecular flexibility index (Phi) is 3.57. The highest BCUT2D eigenvalue weighted by Crippen LogP contribution is 2.22. The minimum atomic E-state index is -0.436. The summed E-state index contributed by atoms with van der Waals surface area (Å²) in [4.78, 5) is 10.9. The molecule has 0 aliphatic rings. The molecule has 5 heteroatoms. The van der Waals surface area contributed by atoms with Gasteiger partial charge < -0.3 is 5.32 Å². The van der Waals surface area contributed by atoms with Crippen molar-refractivity contribution in [2.45, 2.75) is 0 Å². The molecule has 0 radical (unpaired) electrons. The lowest BCUT2D eigenvalue weighted by Crippen LogP contribution is -2.12. The van der Waals surface area contributed by atoms with Gasteiger partial charge in [-0.3, -0.25) is 4.79 Å². The predicted octanol–water partition coefficient (Wildman–Crippen LogP) is 2.35. The molecule has 1 N–H and O–H groups in total. The van der Waals surface area contributed by atoms with Crippen molar-refractivity contribution in [3.05, 3.63) is 29.0 Å². The third-order valence-corrected chi connectivity index (χ3v) is 1.95. The minimum absolute atomic E-state index is 0.0632. The van der Waals surface area contributed by atoms with Gasteiger partial charge in [-0.2, -0.15) is 12.6 Å². The van der Waals surface area contributed by atoms with Gasteiger partial charge in [-0.1, -0.05) is 11.6 Å². The predicted molar refractivity (Wildman–Crippen MR) is 53.9 cm³/mol. The molecule has 1 amide bonds. The third-order valence-electron chi connectivity index (χ3n) is 1.35. The van der Waals surface area contributed by atoms with Gasteiger partial charge in [0.2, 0.25) is 5.91 Å². The Labute approximate surface area is 85.5 Å². The summed E-state index contributed by atoms with van der Waals surface area (Å²) >= 11 is 9.42. The Hall–Kier alpha value is -0.740. The van der Waals surface area contributed by atoms with E-state index < -0.39 is 5.82 Å². The summed E-state index contributed by atoms with van der Waals surface area (Å²) in [6.07, 6.45) is 0. The van der Waals surface area contributed by atoms with Crippen LogP contribution in [0.25, 0.3) is 0 Å². The van der Waals surface area contributed by atoms with Gasteiger partial charge in [0, 0.05) is 0 Å². The maximum Gasteiger partial charge on any atom is 0.234 e. The number of carbonyl (C=O) groups excluding carboxylic acids is 1. The molecule has 70 valence electrons. The van der Waals surface area contributed by atoms with Gasteiger partial charge in [0.05, 0.1) is 16.5 Å². The van der Waals surface area contributed by atoms with Crippen molar-refractivity contribution in [2.75, 3.05) is 11.1 Å². The van der Waals surface area contributed by atoms with E-state index in [9.17, 15) is 9.18 Å². The van der Waals surface area contributed by atoms with Gasteiger partial charge >= 0.3 is 0 Å². The summed E-state index contributed by atoms with van der Waals surface area (Å²) in [6, 6.07) is 3.76. The Bertz CT molecular complexity index is 332. The van der Waals surface area contributed by atoms with Gasteiger partial charge in [0.15, 0.2) is 0 Å². The summed E-state index contributed by atoms with van der Waals surface area (Å²) in [5, 5.41) is 2.65. The fourth-order valence-electron chi connectivity index (χ4n) is 0.781. The van der Waals surface area contributed by atoms with E-state index in [0.717, 1.165) is 6.07 Å². The first-order chi connectivity index (χ1) is 6.13. The zero-order chi connectivity index (χ0) is 9.84. The van der Waals surface area contributed by atoms with Crippen molar-refractivity contribution in [3.8, 4) is 0 Å². The SMILES string of the molecule is O=C(CS)Nc1ccc(F)cc1Cl. The summed E-state index contributed by atoms with van der Waals surface area (Å²) in [5.41, 5.74) is 0.391. The summed E-state index contributed by atoms with van der Waals surface area (Å²) < 4.78 is 12.6. The van der Waals surface area contributed by atoms with Crippen LogP contribution in [-0.4, -0.2) is 11.7 Å². The number of amides is 1.